The zero-order chi connectivity index (χ0) is 13.0. The van der Waals surface area contributed by atoms with Crippen molar-refractivity contribution in [3.63, 3.8) is 0 Å². The summed E-state index contributed by atoms with van der Waals surface area (Å²) in [7, 11) is 3.76. The monoisotopic (exact) mass is 322 g/mol. The van der Waals surface area contributed by atoms with E-state index in [-0.39, 0.29) is 30.7 Å². The van der Waals surface area contributed by atoms with Crippen LogP contribution in [0.2, 0.25) is 0 Å². The molecule has 0 aromatic carbocycles. The first-order valence-electron chi connectivity index (χ1n) is 6.57. The molecule has 2 rings (SSSR count). The molecule has 0 saturated carbocycles. The topological polar surface area (TPSA) is 50.2 Å². The molecule has 1 aliphatic heterocycles. The molecule has 5 nitrogen and oxygen atoms in total. The summed E-state index contributed by atoms with van der Waals surface area (Å²) in [4.78, 5) is 13.9. The first kappa shape index (κ1) is 19.2. The molecule has 1 N–H and O–H groups in total. The highest BCUT2D eigenvalue weighted by atomic mass is 35.5. The van der Waals surface area contributed by atoms with E-state index < -0.39 is 0 Å². The van der Waals surface area contributed by atoms with Crippen molar-refractivity contribution in [2.75, 3.05) is 20.1 Å². The van der Waals surface area contributed by atoms with Crippen molar-refractivity contribution in [1.82, 2.24) is 20.0 Å². The minimum Gasteiger partial charge on any atom is -0.341 e. The SMILES string of the molecule is CN(Cc1cnn(C)c1)C(=O)CC1CCNCC1.Cl.Cl. The maximum Gasteiger partial charge on any atom is 0.222 e. The molecule has 0 unspecified atom stereocenters. The number of halogens is 2. The molecule has 7 heteroatoms. The molecule has 2 heterocycles. The van der Waals surface area contributed by atoms with Gasteiger partial charge in [-0.15, -0.1) is 24.8 Å². The van der Waals surface area contributed by atoms with Gasteiger partial charge in [0.2, 0.25) is 5.91 Å². The Kier molecular flexibility index (Phi) is 8.85. The third-order valence-corrected chi connectivity index (χ3v) is 3.53. The Bertz CT molecular complexity index is 405. The van der Waals surface area contributed by atoms with Crippen LogP contribution in [0.15, 0.2) is 12.4 Å². The van der Waals surface area contributed by atoms with Gasteiger partial charge in [0.05, 0.1) is 6.20 Å². The molecule has 1 amide bonds. The molecule has 1 saturated heterocycles. The van der Waals surface area contributed by atoms with Gasteiger partial charge in [0.1, 0.15) is 0 Å². The molecule has 0 spiro atoms. The van der Waals surface area contributed by atoms with Crippen LogP contribution in [0.1, 0.15) is 24.8 Å². The van der Waals surface area contributed by atoms with E-state index in [4.69, 9.17) is 0 Å². The Labute approximate surface area is 132 Å². The first-order chi connectivity index (χ1) is 8.65. The van der Waals surface area contributed by atoms with Crippen molar-refractivity contribution in [3.8, 4) is 0 Å². The van der Waals surface area contributed by atoms with Crippen molar-refractivity contribution < 1.29 is 4.79 Å². The lowest BCUT2D eigenvalue weighted by molar-refractivity contribution is -0.131. The molecule has 116 valence electrons. The Balaban J connectivity index is 0.00000180. The van der Waals surface area contributed by atoms with Crippen molar-refractivity contribution in [3.05, 3.63) is 18.0 Å². The molecule has 1 aromatic heterocycles. The van der Waals surface area contributed by atoms with Gasteiger partial charge in [-0.2, -0.15) is 5.10 Å². The Morgan fingerprint density at radius 2 is 2.10 bits per heavy atom. The smallest absolute Gasteiger partial charge is 0.222 e. The Morgan fingerprint density at radius 1 is 1.45 bits per heavy atom. The third-order valence-electron chi connectivity index (χ3n) is 3.53. The van der Waals surface area contributed by atoms with Crippen LogP contribution in [0, 0.1) is 5.92 Å². The van der Waals surface area contributed by atoms with Crippen LogP contribution < -0.4 is 5.32 Å². The number of aryl methyl sites for hydroxylation is 1. The fourth-order valence-corrected chi connectivity index (χ4v) is 2.40. The second-order valence-corrected chi connectivity index (χ2v) is 5.17. The molecule has 20 heavy (non-hydrogen) atoms. The van der Waals surface area contributed by atoms with Crippen molar-refractivity contribution in [2.45, 2.75) is 25.8 Å². The summed E-state index contributed by atoms with van der Waals surface area (Å²) < 4.78 is 1.76. The van der Waals surface area contributed by atoms with Gasteiger partial charge in [-0.25, -0.2) is 0 Å². The molecular formula is C13H24Cl2N4O. The number of nitrogens with one attached hydrogen (secondary N) is 1. The van der Waals surface area contributed by atoms with E-state index in [0.717, 1.165) is 31.5 Å². The van der Waals surface area contributed by atoms with E-state index in [9.17, 15) is 4.79 Å². The summed E-state index contributed by atoms with van der Waals surface area (Å²) in [5.74, 6) is 0.792. The molecule has 0 aliphatic carbocycles. The summed E-state index contributed by atoms with van der Waals surface area (Å²) in [5, 5.41) is 7.44. The average molecular weight is 323 g/mol. The highest BCUT2D eigenvalue weighted by Crippen LogP contribution is 2.17. The van der Waals surface area contributed by atoms with E-state index in [2.05, 4.69) is 10.4 Å². The summed E-state index contributed by atoms with van der Waals surface area (Å²) in [6, 6.07) is 0. The lowest BCUT2D eigenvalue weighted by atomic mass is 9.94. The van der Waals surface area contributed by atoms with E-state index in [0.29, 0.717) is 18.9 Å². The fourth-order valence-electron chi connectivity index (χ4n) is 2.40. The molecule has 0 bridgehead atoms. The molecule has 1 aliphatic rings. The van der Waals surface area contributed by atoms with Crippen LogP contribution >= 0.6 is 24.8 Å². The van der Waals surface area contributed by atoms with Gasteiger partial charge < -0.3 is 10.2 Å². The zero-order valence-corrected chi connectivity index (χ0v) is 13.7. The number of aromatic nitrogens is 2. The lowest BCUT2D eigenvalue weighted by Crippen LogP contribution is -2.33. The lowest BCUT2D eigenvalue weighted by Gasteiger charge is -2.24. The highest BCUT2D eigenvalue weighted by molar-refractivity contribution is 5.85. The Morgan fingerprint density at radius 3 is 2.65 bits per heavy atom. The molecule has 1 fully saturated rings. The molecule has 1 aromatic rings. The quantitative estimate of drug-likeness (QED) is 0.916. The van der Waals surface area contributed by atoms with Crippen LogP contribution in [0.25, 0.3) is 0 Å². The number of hydrogen-bond acceptors (Lipinski definition) is 3. The van der Waals surface area contributed by atoms with Crippen LogP contribution in [0.5, 0.6) is 0 Å². The second kappa shape index (κ2) is 9.21. The first-order valence-corrected chi connectivity index (χ1v) is 6.57. The standard InChI is InChI=1S/C13H22N4O.2ClH/c1-16(9-12-8-15-17(2)10-12)13(18)7-11-3-5-14-6-4-11;;/h8,10-11,14H,3-7,9H2,1-2H3;2*1H. The molecule has 0 radical (unpaired) electrons. The summed E-state index contributed by atoms with van der Waals surface area (Å²) in [6.45, 7) is 2.74. The predicted molar refractivity (Wildman–Crippen MR) is 84.4 cm³/mol. The van der Waals surface area contributed by atoms with Gasteiger partial charge in [-0.3, -0.25) is 9.48 Å². The fraction of sp³-hybridized carbons (Fsp3) is 0.692. The minimum absolute atomic E-state index is 0. The maximum absolute atomic E-state index is 12.1. The predicted octanol–water partition coefficient (Wildman–Crippen LogP) is 1.61. The number of hydrogen-bond donors (Lipinski definition) is 1. The number of piperidine rings is 1. The second-order valence-electron chi connectivity index (χ2n) is 5.17. The normalized spacial score (nSPS) is 15.1. The van der Waals surface area contributed by atoms with E-state index >= 15 is 0 Å². The van der Waals surface area contributed by atoms with Gasteiger partial charge in [0.15, 0.2) is 0 Å². The number of rotatable bonds is 4. The summed E-state index contributed by atoms with van der Waals surface area (Å²) in [5.41, 5.74) is 1.08. The van der Waals surface area contributed by atoms with Gasteiger partial charge in [-0.1, -0.05) is 0 Å². The minimum atomic E-state index is 0. The number of amides is 1. The number of carbonyl (C=O) groups excluding carboxylic acids is 1. The van der Waals surface area contributed by atoms with Crippen molar-refractivity contribution in [2.24, 2.45) is 13.0 Å². The van der Waals surface area contributed by atoms with E-state index in [1.54, 1.807) is 9.58 Å². The van der Waals surface area contributed by atoms with Gasteiger partial charge >= 0.3 is 0 Å². The van der Waals surface area contributed by atoms with Gasteiger partial charge in [0, 0.05) is 38.8 Å². The third kappa shape index (κ3) is 5.69. The summed E-state index contributed by atoms with van der Waals surface area (Å²) in [6.07, 6.45) is 6.68. The van der Waals surface area contributed by atoms with Crippen LogP contribution in [0.3, 0.4) is 0 Å². The van der Waals surface area contributed by atoms with E-state index in [1.807, 2.05) is 26.5 Å². The number of nitrogens with zero attached hydrogens (tertiary/aromatic N) is 3. The van der Waals surface area contributed by atoms with Gasteiger partial charge in [0.25, 0.3) is 0 Å². The maximum atomic E-state index is 12.1. The zero-order valence-electron chi connectivity index (χ0n) is 12.0. The molecular weight excluding hydrogens is 299 g/mol. The van der Waals surface area contributed by atoms with Crippen molar-refractivity contribution >= 4 is 30.7 Å². The van der Waals surface area contributed by atoms with Crippen LogP contribution in [-0.4, -0.2) is 40.7 Å². The van der Waals surface area contributed by atoms with Crippen molar-refractivity contribution in [1.29, 1.82) is 0 Å². The van der Waals surface area contributed by atoms with Gasteiger partial charge in [-0.05, 0) is 31.8 Å². The molecule has 0 atom stereocenters. The van der Waals surface area contributed by atoms with E-state index in [1.165, 1.54) is 0 Å². The summed E-state index contributed by atoms with van der Waals surface area (Å²) >= 11 is 0. The Hall–Kier alpha value is -0.780. The van der Waals surface area contributed by atoms with Crippen LogP contribution in [-0.2, 0) is 18.4 Å². The largest absolute Gasteiger partial charge is 0.341 e. The average Bonchev–Trinajstić information content (AvgIpc) is 2.76. The van der Waals surface area contributed by atoms with Crippen LogP contribution in [0.4, 0.5) is 0 Å². The number of carbonyl (C=O) groups is 1. The highest BCUT2D eigenvalue weighted by Gasteiger charge is 2.19.